The summed E-state index contributed by atoms with van der Waals surface area (Å²) in [5, 5.41) is 0. The molecule has 3 rings (SSSR count). The summed E-state index contributed by atoms with van der Waals surface area (Å²) >= 11 is 0. The van der Waals surface area contributed by atoms with Gasteiger partial charge in [0.2, 0.25) is 0 Å². The van der Waals surface area contributed by atoms with Gasteiger partial charge in [-0.15, -0.1) is 0 Å². The Hall–Kier alpha value is -0.800. The number of hydrogen-bond donors (Lipinski definition) is 1. The lowest BCUT2D eigenvalue weighted by atomic mass is 9.83. The molecule has 1 aromatic rings. The van der Waals surface area contributed by atoms with Crippen LogP contribution in [0.5, 0.6) is 0 Å². The van der Waals surface area contributed by atoms with E-state index in [0.29, 0.717) is 5.92 Å². The van der Waals surface area contributed by atoms with Crippen LogP contribution in [-0.4, -0.2) is 24.0 Å². The van der Waals surface area contributed by atoms with Crippen LogP contribution in [0.2, 0.25) is 0 Å². The third-order valence-electron chi connectivity index (χ3n) is 4.57. The van der Waals surface area contributed by atoms with E-state index in [2.05, 4.69) is 11.9 Å². The lowest BCUT2D eigenvalue weighted by Crippen LogP contribution is -2.42. The third-order valence-corrected chi connectivity index (χ3v) is 4.57. The molecule has 0 radical (unpaired) electrons. The van der Waals surface area contributed by atoms with E-state index < -0.39 is 0 Å². The molecule has 0 aromatic carbocycles. The zero-order chi connectivity index (χ0) is 11.1. The number of piperidine rings is 1. The zero-order valence-electron chi connectivity index (χ0n) is 9.80. The van der Waals surface area contributed by atoms with Crippen LogP contribution in [0, 0.1) is 5.92 Å². The maximum absolute atomic E-state index is 6.33. The first-order valence-corrected chi connectivity index (χ1v) is 6.25. The number of nitrogens with zero attached hydrogens (tertiary/aromatic N) is 1. The minimum atomic E-state index is 0.163. The van der Waals surface area contributed by atoms with Crippen LogP contribution in [0.4, 0.5) is 0 Å². The van der Waals surface area contributed by atoms with Crippen LogP contribution in [0.1, 0.15) is 37.3 Å². The third kappa shape index (κ3) is 1.59. The van der Waals surface area contributed by atoms with Gasteiger partial charge in [-0.05, 0) is 44.7 Å². The summed E-state index contributed by atoms with van der Waals surface area (Å²) in [5.41, 5.74) is 7.49. The molecule has 0 amide bonds. The Labute approximate surface area is 96.6 Å². The first kappa shape index (κ1) is 10.4. The second-order valence-electron chi connectivity index (χ2n) is 5.36. The predicted molar refractivity (Wildman–Crippen MR) is 62.9 cm³/mol. The van der Waals surface area contributed by atoms with E-state index in [1.807, 2.05) is 6.07 Å². The van der Waals surface area contributed by atoms with E-state index in [-0.39, 0.29) is 6.04 Å². The van der Waals surface area contributed by atoms with E-state index >= 15 is 0 Å². The van der Waals surface area contributed by atoms with Gasteiger partial charge in [0.25, 0.3) is 0 Å². The minimum Gasteiger partial charge on any atom is -0.472 e. The Morgan fingerprint density at radius 1 is 1.38 bits per heavy atom. The van der Waals surface area contributed by atoms with Crippen molar-refractivity contribution in [2.75, 3.05) is 7.05 Å². The van der Waals surface area contributed by atoms with Crippen molar-refractivity contribution in [3.63, 3.8) is 0 Å². The van der Waals surface area contributed by atoms with Crippen molar-refractivity contribution in [3.05, 3.63) is 24.2 Å². The van der Waals surface area contributed by atoms with Crippen molar-refractivity contribution in [3.8, 4) is 0 Å². The maximum atomic E-state index is 6.33. The van der Waals surface area contributed by atoms with Gasteiger partial charge < -0.3 is 15.1 Å². The molecular formula is C13H20N2O. The number of nitrogens with two attached hydrogens (primary N) is 1. The molecule has 0 saturated carbocycles. The van der Waals surface area contributed by atoms with E-state index in [0.717, 1.165) is 17.6 Å². The minimum absolute atomic E-state index is 0.163. The molecule has 16 heavy (non-hydrogen) atoms. The van der Waals surface area contributed by atoms with Crippen LogP contribution in [0.25, 0.3) is 0 Å². The monoisotopic (exact) mass is 220 g/mol. The fourth-order valence-corrected chi connectivity index (χ4v) is 3.48. The summed E-state index contributed by atoms with van der Waals surface area (Å²) in [4.78, 5) is 2.55. The summed E-state index contributed by atoms with van der Waals surface area (Å²) in [7, 11) is 2.27. The number of hydrogen-bond acceptors (Lipinski definition) is 3. The van der Waals surface area contributed by atoms with Gasteiger partial charge in [-0.25, -0.2) is 0 Å². The van der Waals surface area contributed by atoms with Crippen LogP contribution in [-0.2, 0) is 0 Å². The molecule has 3 unspecified atom stereocenters. The predicted octanol–water partition coefficient (Wildman–Crippen LogP) is 2.15. The van der Waals surface area contributed by atoms with Crippen molar-refractivity contribution in [1.29, 1.82) is 0 Å². The van der Waals surface area contributed by atoms with Crippen molar-refractivity contribution in [1.82, 2.24) is 4.90 Å². The number of furan rings is 1. The lowest BCUT2D eigenvalue weighted by Gasteiger charge is -2.38. The topological polar surface area (TPSA) is 42.4 Å². The van der Waals surface area contributed by atoms with Crippen LogP contribution in [0.3, 0.4) is 0 Å². The molecule has 3 heterocycles. The SMILES string of the molecule is CN1C2CCC1CC(C(N)c1ccoc1)C2. The molecule has 2 fully saturated rings. The zero-order valence-corrected chi connectivity index (χ0v) is 9.80. The molecule has 2 bridgehead atoms. The van der Waals surface area contributed by atoms with Crippen LogP contribution >= 0.6 is 0 Å². The second kappa shape index (κ2) is 3.90. The maximum Gasteiger partial charge on any atom is 0.0950 e. The van der Waals surface area contributed by atoms with Gasteiger partial charge in [0.05, 0.1) is 12.5 Å². The van der Waals surface area contributed by atoms with Gasteiger partial charge in [0.15, 0.2) is 0 Å². The Kier molecular flexibility index (Phi) is 2.52. The Morgan fingerprint density at radius 3 is 2.62 bits per heavy atom. The Bertz CT molecular complexity index is 335. The lowest BCUT2D eigenvalue weighted by molar-refractivity contribution is 0.120. The highest BCUT2D eigenvalue weighted by molar-refractivity contribution is 5.13. The average Bonchev–Trinajstić information content (AvgIpc) is 2.85. The van der Waals surface area contributed by atoms with Gasteiger partial charge >= 0.3 is 0 Å². The second-order valence-corrected chi connectivity index (χ2v) is 5.36. The standard InChI is InChI=1S/C13H20N2O/c1-15-11-2-3-12(15)7-10(6-11)13(14)9-4-5-16-8-9/h4-5,8,10-13H,2-3,6-7,14H2,1H3. The molecule has 3 nitrogen and oxygen atoms in total. The van der Waals surface area contributed by atoms with Crippen molar-refractivity contribution in [2.45, 2.75) is 43.8 Å². The number of rotatable bonds is 2. The van der Waals surface area contributed by atoms with Crippen LogP contribution < -0.4 is 5.73 Å². The Balaban J connectivity index is 1.73. The van der Waals surface area contributed by atoms with Crippen molar-refractivity contribution >= 4 is 0 Å². The molecule has 88 valence electrons. The summed E-state index contributed by atoms with van der Waals surface area (Å²) in [6.07, 6.45) is 8.73. The highest BCUT2D eigenvalue weighted by Gasteiger charge is 2.40. The van der Waals surface area contributed by atoms with Crippen molar-refractivity contribution in [2.24, 2.45) is 11.7 Å². The highest BCUT2D eigenvalue weighted by atomic mass is 16.3. The van der Waals surface area contributed by atoms with Gasteiger partial charge in [-0.3, -0.25) is 0 Å². The molecule has 0 aliphatic carbocycles. The van der Waals surface area contributed by atoms with Gasteiger partial charge in [0.1, 0.15) is 0 Å². The quantitative estimate of drug-likeness (QED) is 0.830. The summed E-state index contributed by atoms with van der Waals surface area (Å²) in [6, 6.07) is 3.70. The fraction of sp³-hybridized carbons (Fsp3) is 0.692. The molecule has 2 aliphatic rings. The number of fused-ring (bicyclic) bond motifs is 2. The molecule has 0 spiro atoms. The summed E-state index contributed by atoms with van der Waals surface area (Å²) in [5.74, 6) is 0.631. The largest absolute Gasteiger partial charge is 0.472 e. The van der Waals surface area contributed by atoms with Crippen LogP contribution in [0.15, 0.2) is 23.0 Å². The van der Waals surface area contributed by atoms with Crippen molar-refractivity contribution < 1.29 is 4.42 Å². The summed E-state index contributed by atoms with van der Waals surface area (Å²) < 4.78 is 5.13. The van der Waals surface area contributed by atoms with Gasteiger partial charge in [-0.2, -0.15) is 0 Å². The van der Waals surface area contributed by atoms with Gasteiger partial charge in [-0.1, -0.05) is 0 Å². The van der Waals surface area contributed by atoms with Gasteiger partial charge in [0, 0.05) is 23.7 Å². The normalized spacial score (nSPS) is 36.5. The van der Waals surface area contributed by atoms with E-state index in [1.165, 1.54) is 25.7 Å². The molecular weight excluding hydrogens is 200 g/mol. The first-order chi connectivity index (χ1) is 7.75. The van der Waals surface area contributed by atoms with E-state index in [9.17, 15) is 0 Å². The Morgan fingerprint density at radius 2 is 2.06 bits per heavy atom. The highest BCUT2D eigenvalue weighted by Crippen LogP contribution is 2.41. The molecule has 3 atom stereocenters. The van der Waals surface area contributed by atoms with E-state index in [1.54, 1.807) is 12.5 Å². The molecule has 1 aromatic heterocycles. The van der Waals surface area contributed by atoms with E-state index in [4.69, 9.17) is 10.2 Å². The fourth-order valence-electron chi connectivity index (χ4n) is 3.48. The molecule has 2 saturated heterocycles. The smallest absolute Gasteiger partial charge is 0.0950 e. The molecule has 2 aliphatic heterocycles. The molecule has 3 heteroatoms. The average molecular weight is 220 g/mol. The first-order valence-electron chi connectivity index (χ1n) is 6.25. The molecule has 2 N–H and O–H groups in total. The summed E-state index contributed by atoms with van der Waals surface area (Å²) in [6.45, 7) is 0.